The lowest BCUT2D eigenvalue weighted by Gasteiger charge is -2.12. The second-order valence-corrected chi connectivity index (χ2v) is 6.73. The predicted molar refractivity (Wildman–Crippen MR) is 103 cm³/mol. The van der Waals surface area contributed by atoms with Gasteiger partial charge in [-0.2, -0.15) is 0 Å². The van der Waals surface area contributed by atoms with Gasteiger partial charge >= 0.3 is 0 Å². The van der Waals surface area contributed by atoms with Gasteiger partial charge in [0.05, 0.1) is 12.4 Å². The first-order valence-electron chi connectivity index (χ1n) is 8.29. The molecule has 0 fully saturated rings. The fraction of sp³-hybridized carbons (Fsp3) is 0.211. The van der Waals surface area contributed by atoms with Crippen molar-refractivity contribution in [3.8, 4) is 17.1 Å². The molecule has 1 amide bonds. The van der Waals surface area contributed by atoms with Crippen molar-refractivity contribution in [3.05, 3.63) is 54.6 Å². The monoisotopic (exact) mass is 368 g/mol. The molecule has 1 aromatic heterocycles. The SMILES string of the molecule is CCC(Sc1n[nH]c(-c2ccc(OC)cc2)n1)C(=O)Nc1ccccc1. The maximum absolute atomic E-state index is 12.5. The maximum atomic E-state index is 12.5. The first-order chi connectivity index (χ1) is 12.7. The van der Waals surface area contributed by atoms with Crippen molar-refractivity contribution in [2.75, 3.05) is 12.4 Å². The molecule has 0 aliphatic rings. The van der Waals surface area contributed by atoms with E-state index < -0.39 is 0 Å². The first-order valence-corrected chi connectivity index (χ1v) is 9.17. The number of benzene rings is 2. The molecule has 3 rings (SSSR count). The van der Waals surface area contributed by atoms with Crippen molar-refractivity contribution in [1.82, 2.24) is 15.2 Å². The first kappa shape index (κ1) is 18.0. The van der Waals surface area contributed by atoms with Gasteiger partial charge < -0.3 is 10.1 Å². The molecule has 2 N–H and O–H groups in total. The lowest BCUT2D eigenvalue weighted by atomic mass is 10.2. The molecular formula is C19H20N4O2S. The van der Waals surface area contributed by atoms with E-state index in [0.29, 0.717) is 17.4 Å². The summed E-state index contributed by atoms with van der Waals surface area (Å²) in [5.41, 5.74) is 1.69. The number of hydrogen-bond acceptors (Lipinski definition) is 5. The Bertz CT molecular complexity index is 849. The molecule has 2 aromatic carbocycles. The Kier molecular flexibility index (Phi) is 5.91. The van der Waals surface area contributed by atoms with Crippen LogP contribution in [0.15, 0.2) is 59.8 Å². The third kappa shape index (κ3) is 4.43. The number of rotatable bonds is 7. The summed E-state index contributed by atoms with van der Waals surface area (Å²) in [6, 6.07) is 17.0. The summed E-state index contributed by atoms with van der Waals surface area (Å²) in [6.07, 6.45) is 0.676. The third-order valence-electron chi connectivity index (χ3n) is 3.78. The van der Waals surface area contributed by atoms with Gasteiger partial charge in [0.25, 0.3) is 0 Å². The van der Waals surface area contributed by atoms with Gasteiger partial charge in [-0.3, -0.25) is 9.89 Å². The van der Waals surface area contributed by atoms with Crippen molar-refractivity contribution >= 4 is 23.4 Å². The molecule has 26 heavy (non-hydrogen) atoms. The Hall–Kier alpha value is -2.80. The summed E-state index contributed by atoms with van der Waals surface area (Å²) in [6.45, 7) is 1.97. The summed E-state index contributed by atoms with van der Waals surface area (Å²) in [5.74, 6) is 1.39. The van der Waals surface area contributed by atoms with E-state index in [4.69, 9.17) is 4.74 Å². The van der Waals surface area contributed by atoms with E-state index in [2.05, 4.69) is 20.5 Å². The van der Waals surface area contributed by atoms with Crippen LogP contribution in [0.3, 0.4) is 0 Å². The number of carbonyl (C=O) groups is 1. The van der Waals surface area contributed by atoms with Crippen LogP contribution in [-0.4, -0.2) is 33.4 Å². The second-order valence-electron chi connectivity index (χ2n) is 5.57. The topological polar surface area (TPSA) is 79.9 Å². The molecule has 0 aliphatic carbocycles. The van der Waals surface area contributed by atoms with Crippen LogP contribution >= 0.6 is 11.8 Å². The van der Waals surface area contributed by atoms with Crippen LogP contribution in [0.4, 0.5) is 5.69 Å². The van der Waals surface area contributed by atoms with Gasteiger partial charge in [0, 0.05) is 11.3 Å². The number of thioether (sulfide) groups is 1. The zero-order valence-corrected chi connectivity index (χ0v) is 15.4. The molecule has 3 aromatic rings. The quantitative estimate of drug-likeness (QED) is 0.617. The third-order valence-corrected chi connectivity index (χ3v) is 5.01. The van der Waals surface area contributed by atoms with Crippen LogP contribution in [0.1, 0.15) is 13.3 Å². The minimum atomic E-state index is -0.269. The van der Waals surface area contributed by atoms with Crippen LogP contribution in [0, 0.1) is 0 Å². The molecule has 0 saturated carbocycles. The van der Waals surface area contributed by atoms with E-state index in [1.165, 1.54) is 11.8 Å². The van der Waals surface area contributed by atoms with E-state index in [9.17, 15) is 4.79 Å². The molecule has 0 bridgehead atoms. The van der Waals surface area contributed by atoms with E-state index >= 15 is 0 Å². The number of nitrogens with zero attached hydrogens (tertiary/aromatic N) is 2. The lowest BCUT2D eigenvalue weighted by Crippen LogP contribution is -2.24. The second kappa shape index (κ2) is 8.53. The molecule has 7 heteroatoms. The van der Waals surface area contributed by atoms with E-state index in [1.807, 2.05) is 61.5 Å². The highest BCUT2D eigenvalue weighted by Crippen LogP contribution is 2.26. The molecule has 134 valence electrons. The highest BCUT2D eigenvalue weighted by Gasteiger charge is 2.20. The van der Waals surface area contributed by atoms with Gasteiger partial charge in [0.2, 0.25) is 11.1 Å². The van der Waals surface area contributed by atoms with Crippen molar-refractivity contribution in [2.24, 2.45) is 0 Å². The number of ether oxygens (including phenoxy) is 1. The van der Waals surface area contributed by atoms with Crippen LogP contribution < -0.4 is 10.1 Å². The molecule has 1 atom stereocenters. The lowest BCUT2D eigenvalue weighted by molar-refractivity contribution is -0.115. The van der Waals surface area contributed by atoms with Gasteiger partial charge in [-0.15, -0.1) is 5.10 Å². The van der Waals surface area contributed by atoms with Crippen molar-refractivity contribution in [3.63, 3.8) is 0 Å². The van der Waals surface area contributed by atoms with E-state index in [-0.39, 0.29) is 11.2 Å². The Morgan fingerprint density at radius 3 is 2.58 bits per heavy atom. The van der Waals surface area contributed by atoms with Gasteiger partial charge in [-0.1, -0.05) is 36.9 Å². The number of amides is 1. The van der Waals surface area contributed by atoms with E-state index in [0.717, 1.165) is 17.0 Å². The maximum Gasteiger partial charge on any atom is 0.237 e. The van der Waals surface area contributed by atoms with Gasteiger partial charge in [-0.05, 0) is 42.8 Å². The minimum absolute atomic E-state index is 0.0560. The van der Waals surface area contributed by atoms with Crippen LogP contribution in [0.25, 0.3) is 11.4 Å². The van der Waals surface area contributed by atoms with E-state index in [1.54, 1.807) is 7.11 Å². The Morgan fingerprint density at radius 1 is 1.19 bits per heavy atom. The van der Waals surface area contributed by atoms with Gasteiger partial charge in [-0.25, -0.2) is 4.98 Å². The molecular weight excluding hydrogens is 348 g/mol. The molecule has 1 heterocycles. The van der Waals surface area contributed by atoms with Crippen molar-refractivity contribution < 1.29 is 9.53 Å². The highest BCUT2D eigenvalue weighted by molar-refractivity contribution is 8.00. The fourth-order valence-electron chi connectivity index (χ4n) is 2.37. The number of methoxy groups -OCH3 is 1. The number of anilines is 1. The normalized spacial score (nSPS) is 11.8. The zero-order valence-electron chi connectivity index (χ0n) is 14.6. The van der Waals surface area contributed by atoms with Gasteiger partial charge in [0.1, 0.15) is 5.75 Å². The Labute approximate surface area is 156 Å². The number of carbonyl (C=O) groups excluding carboxylic acids is 1. The van der Waals surface area contributed by atoms with Crippen LogP contribution in [0.2, 0.25) is 0 Å². The Balaban J connectivity index is 1.67. The number of para-hydroxylation sites is 1. The minimum Gasteiger partial charge on any atom is -0.497 e. The summed E-state index contributed by atoms with van der Waals surface area (Å²) in [5, 5.41) is 10.4. The summed E-state index contributed by atoms with van der Waals surface area (Å²) >= 11 is 1.35. The van der Waals surface area contributed by atoms with Crippen LogP contribution in [0.5, 0.6) is 5.75 Å². The smallest absolute Gasteiger partial charge is 0.237 e. The van der Waals surface area contributed by atoms with Crippen molar-refractivity contribution in [1.29, 1.82) is 0 Å². The standard InChI is InChI=1S/C19H20N4O2S/c1-3-16(18(24)20-14-7-5-4-6-8-14)26-19-21-17(22-23-19)13-9-11-15(25-2)12-10-13/h4-12,16H,3H2,1-2H3,(H,20,24)(H,21,22,23). The number of hydrogen-bond donors (Lipinski definition) is 2. The molecule has 1 unspecified atom stereocenters. The largest absolute Gasteiger partial charge is 0.497 e. The zero-order chi connectivity index (χ0) is 18.4. The predicted octanol–water partition coefficient (Wildman–Crippen LogP) is 3.99. The Morgan fingerprint density at radius 2 is 1.92 bits per heavy atom. The van der Waals surface area contributed by atoms with Crippen LogP contribution in [-0.2, 0) is 4.79 Å². The number of aromatic amines is 1. The molecule has 0 saturated heterocycles. The number of H-pyrrole nitrogens is 1. The highest BCUT2D eigenvalue weighted by atomic mass is 32.2. The molecule has 0 spiro atoms. The average Bonchev–Trinajstić information content (AvgIpc) is 3.15. The van der Waals surface area contributed by atoms with Gasteiger partial charge in [0.15, 0.2) is 5.82 Å². The molecule has 0 radical (unpaired) electrons. The summed E-state index contributed by atoms with van der Waals surface area (Å²) in [4.78, 5) is 17.0. The summed E-state index contributed by atoms with van der Waals surface area (Å²) < 4.78 is 5.16. The van der Waals surface area contributed by atoms with Crippen molar-refractivity contribution in [2.45, 2.75) is 23.8 Å². The number of aromatic nitrogens is 3. The number of nitrogens with one attached hydrogen (secondary N) is 2. The fourth-order valence-corrected chi connectivity index (χ4v) is 3.20. The average molecular weight is 368 g/mol. The molecule has 6 nitrogen and oxygen atoms in total. The summed E-state index contributed by atoms with van der Waals surface area (Å²) in [7, 11) is 1.63. The molecule has 0 aliphatic heterocycles.